The predicted molar refractivity (Wildman–Crippen MR) is 63.9 cm³/mol. The first-order chi connectivity index (χ1) is 8.23. The number of hydrogen-bond acceptors (Lipinski definition) is 5. The number of aryl methyl sites for hydroxylation is 1. The Morgan fingerprint density at radius 3 is 2.76 bits per heavy atom. The van der Waals surface area contributed by atoms with Gasteiger partial charge in [0.25, 0.3) is 0 Å². The Morgan fingerprint density at radius 2 is 2.29 bits per heavy atom. The zero-order chi connectivity index (χ0) is 12.3. The molecule has 1 heterocycles. The number of rotatable bonds is 5. The highest BCUT2D eigenvalue weighted by molar-refractivity contribution is 5.11. The van der Waals surface area contributed by atoms with Crippen LogP contribution in [0.3, 0.4) is 0 Å². The fourth-order valence-corrected chi connectivity index (χ4v) is 2.84. The molecule has 0 bridgehead atoms. The lowest BCUT2D eigenvalue weighted by molar-refractivity contribution is -0.0644. The third-order valence-electron chi connectivity index (χ3n) is 3.62. The summed E-state index contributed by atoms with van der Waals surface area (Å²) >= 11 is 0. The first-order valence-electron chi connectivity index (χ1n) is 6.18. The van der Waals surface area contributed by atoms with Gasteiger partial charge < -0.3 is 4.74 Å². The average molecular weight is 239 g/mol. The monoisotopic (exact) mass is 239 g/mol. The number of hydrazine groups is 1. The maximum atomic E-state index is 6.01. The predicted octanol–water partition coefficient (Wildman–Crippen LogP) is 0.669. The number of aromatic nitrogens is 3. The highest BCUT2D eigenvalue weighted by Gasteiger charge is 2.44. The SMILES string of the molecule is CCOC1(C(NN)c2cnnn2C)CCCC1. The highest BCUT2D eigenvalue weighted by Crippen LogP contribution is 2.42. The van der Waals surface area contributed by atoms with Crippen LogP contribution in [0.2, 0.25) is 0 Å². The van der Waals surface area contributed by atoms with E-state index in [1.54, 1.807) is 10.9 Å². The van der Waals surface area contributed by atoms with E-state index in [2.05, 4.69) is 15.7 Å². The molecule has 1 saturated carbocycles. The molecular weight excluding hydrogens is 218 g/mol. The van der Waals surface area contributed by atoms with Crippen LogP contribution >= 0.6 is 0 Å². The molecule has 0 amide bonds. The van der Waals surface area contributed by atoms with Crippen molar-refractivity contribution in [2.75, 3.05) is 6.61 Å². The molecule has 1 atom stereocenters. The second-order valence-electron chi connectivity index (χ2n) is 4.59. The largest absolute Gasteiger partial charge is 0.373 e. The summed E-state index contributed by atoms with van der Waals surface area (Å²) in [6, 6.07) is -0.0510. The molecule has 0 spiro atoms. The number of nitrogens with zero attached hydrogens (tertiary/aromatic N) is 3. The zero-order valence-electron chi connectivity index (χ0n) is 10.5. The summed E-state index contributed by atoms with van der Waals surface area (Å²) in [5.74, 6) is 5.73. The molecule has 6 nitrogen and oxygen atoms in total. The van der Waals surface area contributed by atoms with E-state index in [4.69, 9.17) is 10.6 Å². The van der Waals surface area contributed by atoms with Gasteiger partial charge in [0.2, 0.25) is 0 Å². The molecule has 0 aromatic carbocycles. The highest BCUT2D eigenvalue weighted by atomic mass is 16.5. The molecule has 2 rings (SSSR count). The summed E-state index contributed by atoms with van der Waals surface area (Å²) in [6.07, 6.45) is 6.18. The first kappa shape index (κ1) is 12.5. The molecule has 1 aromatic heterocycles. The van der Waals surface area contributed by atoms with E-state index in [1.165, 1.54) is 12.8 Å². The fraction of sp³-hybridized carbons (Fsp3) is 0.818. The Bertz CT molecular complexity index is 358. The molecule has 3 N–H and O–H groups in total. The van der Waals surface area contributed by atoms with Crippen LogP contribution in [0.25, 0.3) is 0 Å². The van der Waals surface area contributed by atoms with Crippen molar-refractivity contribution in [2.24, 2.45) is 12.9 Å². The fourth-order valence-electron chi connectivity index (χ4n) is 2.84. The molecule has 0 saturated heterocycles. The summed E-state index contributed by atoms with van der Waals surface area (Å²) in [6.45, 7) is 2.72. The molecule has 1 aliphatic rings. The maximum absolute atomic E-state index is 6.01. The number of nitrogens with one attached hydrogen (secondary N) is 1. The standard InChI is InChI=1S/C11H21N5O/c1-3-17-11(6-4-5-7-11)10(14-12)9-8-13-15-16(9)2/h8,10,14H,3-7,12H2,1-2H3. The minimum Gasteiger partial charge on any atom is -0.373 e. The smallest absolute Gasteiger partial charge is 0.0934 e. The van der Waals surface area contributed by atoms with E-state index >= 15 is 0 Å². The Hall–Kier alpha value is -0.980. The van der Waals surface area contributed by atoms with Crippen LogP contribution in [0.1, 0.15) is 44.3 Å². The van der Waals surface area contributed by atoms with E-state index in [0.29, 0.717) is 6.61 Å². The summed E-state index contributed by atoms with van der Waals surface area (Å²) in [7, 11) is 1.88. The van der Waals surface area contributed by atoms with E-state index in [1.807, 2.05) is 14.0 Å². The lowest BCUT2D eigenvalue weighted by atomic mass is 9.90. The lowest BCUT2D eigenvalue weighted by Crippen LogP contribution is -2.47. The quantitative estimate of drug-likeness (QED) is 0.583. The summed E-state index contributed by atoms with van der Waals surface area (Å²) in [5, 5.41) is 7.88. The summed E-state index contributed by atoms with van der Waals surface area (Å²) < 4.78 is 7.76. The Balaban J connectivity index is 2.29. The topological polar surface area (TPSA) is 78.0 Å². The second-order valence-corrected chi connectivity index (χ2v) is 4.59. The number of ether oxygens (including phenoxy) is 1. The molecule has 1 unspecified atom stereocenters. The van der Waals surface area contributed by atoms with Crippen LogP contribution < -0.4 is 11.3 Å². The van der Waals surface area contributed by atoms with Gasteiger partial charge in [-0.05, 0) is 19.8 Å². The van der Waals surface area contributed by atoms with Crippen molar-refractivity contribution in [1.82, 2.24) is 20.4 Å². The van der Waals surface area contributed by atoms with Gasteiger partial charge in [-0.25, -0.2) is 5.43 Å². The molecule has 0 aliphatic heterocycles. The van der Waals surface area contributed by atoms with Gasteiger partial charge in [-0.2, -0.15) is 0 Å². The first-order valence-corrected chi connectivity index (χ1v) is 6.18. The van der Waals surface area contributed by atoms with Crippen molar-refractivity contribution >= 4 is 0 Å². The Morgan fingerprint density at radius 1 is 1.59 bits per heavy atom. The second kappa shape index (κ2) is 5.12. The van der Waals surface area contributed by atoms with E-state index < -0.39 is 0 Å². The van der Waals surface area contributed by atoms with Gasteiger partial charge in [-0.3, -0.25) is 10.5 Å². The minimum atomic E-state index is -0.209. The zero-order valence-corrected chi connectivity index (χ0v) is 10.5. The molecule has 96 valence electrons. The van der Waals surface area contributed by atoms with Crippen LogP contribution in [-0.2, 0) is 11.8 Å². The average Bonchev–Trinajstić information content (AvgIpc) is 2.92. The maximum Gasteiger partial charge on any atom is 0.0934 e. The number of hydrogen-bond donors (Lipinski definition) is 2. The molecule has 0 radical (unpaired) electrons. The van der Waals surface area contributed by atoms with E-state index in [0.717, 1.165) is 18.5 Å². The van der Waals surface area contributed by atoms with Crippen molar-refractivity contribution in [3.8, 4) is 0 Å². The van der Waals surface area contributed by atoms with Gasteiger partial charge in [-0.15, -0.1) is 5.10 Å². The molecule has 1 aliphatic carbocycles. The van der Waals surface area contributed by atoms with Gasteiger partial charge in [0.05, 0.1) is 23.5 Å². The summed E-state index contributed by atoms with van der Waals surface area (Å²) in [4.78, 5) is 0. The summed E-state index contributed by atoms with van der Waals surface area (Å²) in [5.41, 5.74) is 3.65. The van der Waals surface area contributed by atoms with E-state index in [-0.39, 0.29) is 11.6 Å². The van der Waals surface area contributed by atoms with Crippen molar-refractivity contribution in [3.05, 3.63) is 11.9 Å². The van der Waals surface area contributed by atoms with Crippen LogP contribution in [0.5, 0.6) is 0 Å². The molecular formula is C11H21N5O. The molecule has 1 aromatic rings. The molecule has 6 heteroatoms. The third-order valence-corrected chi connectivity index (χ3v) is 3.62. The Kier molecular flexibility index (Phi) is 3.76. The van der Waals surface area contributed by atoms with Crippen molar-refractivity contribution < 1.29 is 4.74 Å². The van der Waals surface area contributed by atoms with Gasteiger partial charge in [0, 0.05) is 13.7 Å². The van der Waals surface area contributed by atoms with Gasteiger partial charge in [0.1, 0.15) is 0 Å². The van der Waals surface area contributed by atoms with Crippen LogP contribution in [0.15, 0.2) is 6.20 Å². The Labute approximate surface area is 101 Å². The third kappa shape index (κ3) is 2.20. The van der Waals surface area contributed by atoms with Gasteiger partial charge >= 0.3 is 0 Å². The minimum absolute atomic E-state index is 0.0510. The lowest BCUT2D eigenvalue weighted by Gasteiger charge is -2.36. The van der Waals surface area contributed by atoms with Crippen LogP contribution in [-0.4, -0.2) is 27.2 Å². The number of nitrogens with two attached hydrogens (primary N) is 1. The van der Waals surface area contributed by atoms with Crippen LogP contribution in [0.4, 0.5) is 0 Å². The van der Waals surface area contributed by atoms with Gasteiger partial charge in [-0.1, -0.05) is 18.1 Å². The van der Waals surface area contributed by atoms with Crippen molar-refractivity contribution in [3.63, 3.8) is 0 Å². The van der Waals surface area contributed by atoms with Gasteiger partial charge in [0.15, 0.2) is 0 Å². The van der Waals surface area contributed by atoms with Crippen molar-refractivity contribution in [2.45, 2.75) is 44.2 Å². The molecule has 1 fully saturated rings. The van der Waals surface area contributed by atoms with Crippen molar-refractivity contribution in [1.29, 1.82) is 0 Å². The van der Waals surface area contributed by atoms with Crippen LogP contribution in [0, 0.1) is 0 Å². The normalized spacial score (nSPS) is 20.6. The molecule has 17 heavy (non-hydrogen) atoms. The van der Waals surface area contributed by atoms with E-state index in [9.17, 15) is 0 Å².